The van der Waals surface area contributed by atoms with Gasteiger partial charge in [-0.2, -0.15) is 0 Å². The summed E-state index contributed by atoms with van der Waals surface area (Å²) >= 11 is 0. The number of ketones is 1. The van der Waals surface area contributed by atoms with Gasteiger partial charge in [0.05, 0.1) is 0 Å². The summed E-state index contributed by atoms with van der Waals surface area (Å²) in [5.74, 6) is 0.518. The lowest BCUT2D eigenvalue weighted by Gasteiger charge is -2.51. The fourth-order valence-corrected chi connectivity index (χ4v) is 4.37. The Balaban J connectivity index is 1.72. The van der Waals surface area contributed by atoms with Gasteiger partial charge in [-0.1, -0.05) is 13.3 Å². The fraction of sp³-hybridized carbons (Fsp3) is 0.933. The topological polar surface area (TPSA) is 23.6 Å². The summed E-state index contributed by atoms with van der Waals surface area (Å²) in [5.41, 5.74) is 0. The van der Waals surface area contributed by atoms with E-state index in [4.69, 9.17) is 0 Å². The molecule has 3 heterocycles. The lowest BCUT2D eigenvalue weighted by molar-refractivity contribution is -0.129. The molecule has 2 bridgehead atoms. The highest BCUT2D eigenvalue weighted by molar-refractivity contribution is 5.80. The smallest absolute Gasteiger partial charge is 0.136 e. The molecule has 0 N–H and O–H groups in total. The Morgan fingerprint density at radius 2 is 1.72 bits per heavy atom. The van der Waals surface area contributed by atoms with E-state index in [0.29, 0.717) is 17.9 Å². The summed E-state index contributed by atoms with van der Waals surface area (Å²) in [7, 11) is 0. The molecule has 3 heteroatoms. The van der Waals surface area contributed by atoms with Gasteiger partial charge in [-0.15, -0.1) is 0 Å². The van der Waals surface area contributed by atoms with Crippen LogP contribution in [0, 0.1) is 0 Å². The van der Waals surface area contributed by atoms with E-state index < -0.39 is 0 Å². The standard InChI is InChI=1S/C15H26N2O/c1-2-16-8-4-7-14(11-16)17-12-5-3-6-13(17)10-15(18)9-12/h12-14H,2-11H2,1H3. The predicted molar refractivity (Wildman–Crippen MR) is 72.6 cm³/mol. The van der Waals surface area contributed by atoms with Gasteiger partial charge in [-0.25, -0.2) is 0 Å². The van der Waals surface area contributed by atoms with Crippen molar-refractivity contribution in [3.8, 4) is 0 Å². The Morgan fingerprint density at radius 3 is 2.39 bits per heavy atom. The van der Waals surface area contributed by atoms with E-state index in [2.05, 4.69) is 16.7 Å². The summed E-state index contributed by atoms with van der Waals surface area (Å²) in [4.78, 5) is 17.1. The average molecular weight is 250 g/mol. The molecule has 3 saturated heterocycles. The lowest BCUT2D eigenvalue weighted by atomic mass is 9.81. The largest absolute Gasteiger partial charge is 0.302 e. The van der Waals surface area contributed by atoms with Gasteiger partial charge >= 0.3 is 0 Å². The van der Waals surface area contributed by atoms with E-state index in [0.717, 1.165) is 18.9 Å². The van der Waals surface area contributed by atoms with Crippen LogP contribution in [0.3, 0.4) is 0 Å². The van der Waals surface area contributed by atoms with E-state index in [9.17, 15) is 4.79 Å². The minimum atomic E-state index is 0.518. The molecule has 3 fully saturated rings. The zero-order valence-corrected chi connectivity index (χ0v) is 11.6. The Morgan fingerprint density at radius 1 is 1.06 bits per heavy atom. The number of nitrogens with zero attached hydrogens (tertiary/aromatic N) is 2. The second-order valence-corrected chi connectivity index (χ2v) is 6.32. The molecule has 102 valence electrons. The van der Waals surface area contributed by atoms with Crippen molar-refractivity contribution in [2.45, 2.75) is 70.0 Å². The molecule has 3 aliphatic heterocycles. The first kappa shape index (κ1) is 12.6. The first-order chi connectivity index (χ1) is 8.78. The van der Waals surface area contributed by atoms with Crippen LogP contribution in [0.4, 0.5) is 0 Å². The van der Waals surface area contributed by atoms with Crippen molar-refractivity contribution in [2.24, 2.45) is 0 Å². The monoisotopic (exact) mass is 250 g/mol. The van der Waals surface area contributed by atoms with Crippen LogP contribution in [0.25, 0.3) is 0 Å². The highest BCUT2D eigenvalue weighted by atomic mass is 16.1. The number of rotatable bonds is 2. The van der Waals surface area contributed by atoms with Gasteiger partial charge in [0.2, 0.25) is 0 Å². The summed E-state index contributed by atoms with van der Waals surface area (Å²) < 4.78 is 0. The maximum atomic E-state index is 11.8. The van der Waals surface area contributed by atoms with E-state index in [1.54, 1.807) is 0 Å². The molecule has 0 aliphatic carbocycles. The number of piperidine rings is 3. The molecular formula is C15H26N2O. The number of carbonyl (C=O) groups excluding carboxylic acids is 1. The maximum Gasteiger partial charge on any atom is 0.136 e. The third-order valence-corrected chi connectivity index (χ3v) is 5.19. The number of Topliss-reactive ketones (excluding diaryl/α,β-unsaturated/α-hetero) is 1. The van der Waals surface area contributed by atoms with Crippen LogP contribution >= 0.6 is 0 Å². The molecule has 0 saturated carbocycles. The summed E-state index contributed by atoms with van der Waals surface area (Å²) in [5, 5.41) is 0. The van der Waals surface area contributed by atoms with Gasteiger partial charge in [0.1, 0.15) is 5.78 Å². The zero-order chi connectivity index (χ0) is 12.5. The molecule has 0 aromatic heterocycles. The van der Waals surface area contributed by atoms with E-state index >= 15 is 0 Å². The summed E-state index contributed by atoms with van der Waals surface area (Å²) in [6.07, 6.45) is 8.19. The van der Waals surface area contributed by atoms with Crippen LogP contribution in [0.5, 0.6) is 0 Å². The predicted octanol–water partition coefficient (Wildman–Crippen LogP) is 2.06. The van der Waals surface area contributed by atoms with Crippen LogP contribution in [-0.2, 0) is 4.79 Å². The molecule has 3 atom stereocenters. The number of likely N-dealkylation sites (tertiary alicyclic amines) is 1. The summed E-state index contributed by atoms with van der Waals surface area (Å²) in [6.45, 7) is 5.95. The minimum Gasteiger partial charge on any atom is -0.302 e. The van der Waals surface area contributed by atoms with Crippen molar-refractivity contribution in [3.63, 3.8) is 0 Å². The second-order valence-electron chi connectivity index (χ2n) is 6.32. The molecule has 0 radical (unpaired) electrons. The molecule has 3 nitrogen and oxygen atoms in total. The van der Waals surface area contributed by atoms with Gasteiger partial charge in [-0.3, -0.25) is 9.69 Å². The quantitative estimate of drug-likeness (QED) is 0.749. The van der Waals surface area contributed by atoms with Gasteiger partial charge < -0.3 is 4.90 Å². The van der Waals surface area contributed by atoms with E-state index in [1.807, 2.05) is 0 Å². The van der Waals surface area contributed by atoms with E-state index in [1.165, 1.54) is 51.7 Å². The normalized spacial score (nSPS) is 38.9. The maximum absolute atomic E-state index is 11.8. The highest BCUT2D eigenvalue weighted by Gasteiger charge is 2.41. The Bertz CT molecular complexity index is 302. The third-order valence-electron chi connectivity index (χ3n) is 5.19. The number of fused-ring (bicyclic) bond motifs is 2. The third kappa shape index (κ3) is 2.35. The Kier molecular flexibility index (Phi) is 3.71. The Labute approximate surface area is 111 Å². The highest BCUT2D eigenvalue weighted by Crippen LogP contribution is 2.35. The van der Waals surface area contributed by atoms with Crippen molar-refractivity contribution >= 4 is 5.78 Å². The van der Waals surface area contributed by atoms with Crippen LogP contribution in [-0.4, -0.2) is 53.3 Å². The van der Waals surface area contributed by atoms with Gasteiger partial charge in [0.15, 0.2) is 0 Å². The van der Waals surface area contributed by atoms with Crippen molar-refractivity contribution in [1.82, 2.24) is 9.80 Å². The fourth-order valence-electron chi connectivity index (χ4n) is 4.37. The molecule has 18 heavy (non-hydrogen) atoms. The van der Waals surface area contributed by atoms with Crippen molar-refractivity contribution < 1.29 is 4.79 Å². The van der Waals surface area contributed by atoms with Crippen molar-refractivity contribution in [2.75, 3.05) is 19.6 Å². The van der Waals surface area contributed by atoms with Gasteiger partial charge in [-0.05, 0) is 38.8 Å². The molecule has 0 aromatic carbocycles. The molecule has 3 aliphatic rings. The number of hydrogen-bond acceptors (Lipinski definition) is 3. The average Bonchev–Trinajstić information content (AvgIpc) is 2.37. The van der Waals surface area contributed by atoms with Gasteiger partial charge in [0, 0.05) is 37.5 Å². The number of carbonyl (C=O) groups is 1. The molecule has 0 amide bonds. The van der Waals surface area contributed by atoms with Gasteiger partial charge in [0.25, 0.3) is 0 Å². The summed E-state index contributed by atoms with van der Waals surface area (Å²) in [6, 6.07) is 1.88. The minimum absolute atomic E-state index is 0.518. The molecular weight excluding hydrogens is 224 g/mol. The first-order valence-electron chi connectivity index (χ1n) is 7.79. The van der Waals surface area contributed by atoms with Crippen LogP contribution in [0.2, 0.25) is 0 Å². The lowest BCUT2D eigenvalue weighted by Crippen LogP contribution is -2.60. The molecule has 0 spiro atoms. The molecule has 3 rings (SSSR count). The number of hydrogen-bond donors (Lipinski definition) is 0. The zero-order valence-electron chi connectivity index (χ0n) is 11.6. The first-order valence-corrected chi connectivity index (χ1v) is 7.79. The SMILES string of the molecule is CCN1CCCC(N2C3CCCC2CC(=O)C3)C1. The second kappa shape index (κ2) is 5.30. The molecule has 3 unspecified atom stereocenters. The van der Waals surface area contributed by atoms with Crippen molar-refractivity contribution in [3.05, 3.63) is 0 Å². The number of likely N-dealkylation sites (N-methyl/N-ethyl adjacent to an activating group) is 1. The Hall–Kier alpha value is -0.410. The van der Waals surface area contributed by atoms with Crippen LogP contribution in [0.15, 0.2) is 0 Å². The van der Waals surface area contributed by atoms with Crippen LogP contribution in [0.1, 0.15) is 51.9 Å². The van der Waals surface area contributed by atoms with Crippen LogP contribution < -0.4 is 0 Å². The van der Waals surface area contributed by atoms with Crippen molar-refractivity contribution in [1.29, 1.82) is 0 Å². The van der Waals surface area contributed by atoms with E-state index in [-0.39, 0.29) is 0 Å². The molecule has 0 aromatic rings.